The lowest BCUT2D eigenvalue weighted by atomic mass is 10.0. The van der Waals surface area contributed by atoms with Crippen molar-refractivity contribution in [3.8, 4) is 0 Å². The molecular formula is C20H25N3O. The van der Waals surface area contributed by atoms with Crippen LogP contribution in [0.5, 0.6) is 0 Å². The summed E-state index contributed by atoms with van der Waals surface area (Å²) in [6.45, 7) is 4.60. The number of nitrogens with zero attached hydrogens (tertiary/aromatic N) is 1. The molecule has 1 fully saturated rings. The van der Waals surface area contributed by atoms with Gasteiger partial charge in [-0.05, 0) is 42.7 Å². The van der Waals surface area contributed by atoms with Crippen molar-refractivity contribution in [2.24, 2.45) is 0 Å². The number of hydrogen-bond donors (Lipinski definition) is 2. The monoisotopic (exact) mass is 323 g/mol. The molecule has 24 heavy (non-hydrogen) atoms. The van der Waals surface area contributed by atoms with E-state index < -0.39 is 0 Å². The summed E-state index contributed by atoms with van der Waals surface area (Å²) in [6, 6.07) is 19.2. The molecule has 0 unspecified atom stereocenters. The van der Waals surface area contributed by atoms with E-state index in [9.17, 15) is 4.79 Å². The Bertz CT molecular complexity index is 646. The summed E-state index contributed by atoms with van der Waals surface area (Å²) in [7, 11) is 0. The molecule has 0 saturated carbocycles. The van der Waals surface area contributed by atoms with E-state index in [4.69, 9.17) is 0 Å². The highest BCUT2D eigenvalue weighted by atomic mass is 16.1. The van der Waals surface area contributed by atoms with Crippen LogP contribution in [0.3, 0.4) is 0 Å². The highest BCUT2D eigenvalue weighted by Gasteiger charge is 2.18. The van der Waals surface area contributed by atoms with E-state index in [1.54, 1.807) is 0 Å². The Labute approximate surface area is 143 Å². The molecule has 1 saturated heterocycles. The lowest BCUT2D eigenvalue weighted by molar-refractivity contribution is -0.114. The average Bonchev–Trinajstić information content (AvgIpc) is 2.62. The summed E-state index contributed by atoms with van der Waals surface area (Å²) in [5.41, 5.74) is 3.42. The zero-order valence-electron chi connectivity index (χ0n) is 14.2. The number of rotatable bonds is 5. The summed E-state index contributed by atoms with van der Waals surface area (Å²) in [5, 5.41) is 6.45. The standard InChI is InChI=1S/C20H25N3O/c1-16(24)22-19-9-7-17(8-10-19)15-21-18-11-13-23(14-12-18)20-5-3-2-4-6-20/h2-10,18,21H,11-15H2,1H3,(H,22,24). The van der Waals surface area contributed by atoms with Crippen LogP contribution in [0.15, 0.2) is 54.6 Å². The van der Waals surface area contributed by atoms with Crippen molar-refractivity contribution in [1.82, 2.24) is 5.32 Å². The molecule has 1 heterocycles. The fourth-order valence-electron chi connectivity index (χ4n) is 3.15. The number of hydrogen-bond acceptors (Lipinski definition) is 3. The summed E-state index contributed by atoms with van der Waals surface area (Å²) in [6.07, 6.45) is 2.33. The third-order valence-electron chi connectivity index (χ3n) is 4.49. The number of amides is 1. The summed E-state index contributed by atoms with van der Waals surface area (Å²) < 4.78 is 0. The Kier molecular flexibility index (Phi) is 5.49. The lowest BCUT2D eigenvalue weighted by Crippen LogP contribution is -2.42. The van der Waals surface area contributed by atoms with Crippen LogP contribution in [0.25, 0.3) is 0 Å². The molecule has 2 N–H and O–H groups in total. The summed E-state index contributed by atoms with van der Waals surface area (Å²) in [4.78, 5) is 13.5. The molecule has 1 aliphatic heterocycles. The van der Waals surface area contributed by atoms with Crippen LogP contribution in [0.4, 0.5) is 11.4 Å². The number of para-hydroxylation sites is 1. The van der Waals surface area contributed by atoms with Crippen molar-refractivity contribution < 1.29 is 4.79 Å². The van der Waals surface area contributed by atoms with Crippen molar-refractivity contribution in [2.75, 3.05) is 23.3 Å². The highest BCUT2D eigenvalue weighted by Crippen LogP contribution is 2.19. The molecule has 126 valence electrons. The molecule has 4 nitrogen and oxygen atoms in total. The van der Waals surface area contributed by atoms with Crippen LogP contribution in [-0.4, -0.2) is 25.0 Å². The van der Waals surface area contributed by atoms with Crippen molar-refractivity contribution >= 4 is 17.3 Å². The predicted molar refractivity (Wildman–Crippen MR) is 99.3 cm³/mol. The largest absolute Gasteiger partial charge is 0.371 e. The zero-order chi connectivity index (χ0) is 16.8. The molecule has 4 heteroatoms. The zero-order valence-corrected chi connectivity index (χ0v) is 14.2. The molecule has 0 aromatic heterocycles. The number of piperidine rings is 1. The quantitative estimate of drug-likeness (QED) is 0.886. The van der Waals surface area contributed by atoms with Crippen molar-refractivity contribution in [1.29, 1.82) is 0 Å². The minimum atomic E-state index is -0.0361. The normalized spacial score (nSPS) is 15.3. The second kappa shape index (κ2) is 7.97. The van der Waals surface area contributed by atoms with E-state index in [0.717, 1.165) is 25.3 Å². The Morgan fingerprint density at radius 3 is 2.33 bits per heavy atom. The minimum absolute atomic E-state index is 0.0361. The predicted octanol–water partition coefficient (Wildman–Crippen LogP) is 3.40. The Balaban J connectivity index is 1.44. The van der Waals surface area contributed by atoms with Crippen LogP contribution in [-0.2, 0) is 11.3 Å². The maximum absolute atomic E-state index is 11.0. The first-order chi connectivity index (χ1) is 11.7. The van der Waals surface area contributed by atoms with Crippen LogP contribution < -0.4 is 15.5 Å². The van der Waals surface area contributed by atoms with Gasteiger partial charge in [0.05, 0.1) is 0 Å². The van der Waals surface area contributed by atoms with Crippen LogP contribution in [0.1, 0.15) is 25.3 Å². The number of anilines is 2. The third kappa shape index (κ3) is 4.59. The maximum atomic E-state index is 11.0. The Hall–Kier alpha value is -2.33. The molecule has 0 radical (unpaired) electrons. The van der Waals surface area contributed by atoms with Gasteiger partial charge in [-0.3, -0.25) is 4.79 Å². The molecule has 1 aliphatic rings. The van der Waals surface area contributed by atoms with Crippen LogP contribution in [0.2, 0.25) is 0 Å². The van der Waals surface area contributed by atoms with Gasteiger partial charge in [0.15, 0.2) is 0 Å². The fourth-order valence-corrected chi connectivity index (χ4v) is 3.15. The van der Waals surface area contributed by atoms with Crippen molar-refractivity contribution in [2.45, 2.75) is 32.4 Å². The average molecular weight is 323 g/mol. The maximum Gasteiger partial charge on any atom is 0.221 e. The molecule has 2 aromatic rings. The van der Waals surface area contributed by atoms with Gasteiger partial charge in [-0.25, -0.2) is 0 Å². The van der Waals surface area contributed by atoms with Gasteiger partial charge in [0.25, 0.3) is 0 Å². The van der Waals surface area contributed by atoms with Crippen molar-refractivity contribution in [3.05, 3.63) is 60.2 Å². The molecule has 3 rings (SSSR count). The smallest absolute Gasteiger partial charge is 0.221 e. The van der Waals surface area contributed by atoms with Gasteiger partial charge in [0.1, 0.15) is 0 Å². The van der Waals surface area contributed by atoms with E-state index in [0.29, 0.717) is 6.04 Å². The number of nitrogens with one attached hydrogen (secondary N) is 2. The topological polar surface area (TPSA) is 44.4 Å². The number of carbonyl (C=O) groups excluding carboxylic acids is 1. The van der Waals surface area contributed by atoms with Gasteiger partial charge in [0, 0.05) is 44.0 Å². The van der Waals surface area contributed by atoms with Crippen LogP contribution in [0, 0.1) is 0 Å². The molecule has 2 aromatic carbocycles. The van der Waals surface area contributed by atoms with Gasteiger partial charge < -0.3 is 15.5 Å². The summed E-state index contributed by atoms with van der Waals surface area (Å²) >= 11 is 0. The second-order valence-corrected chi connectivity index (χ2v) is 6.36. The fraction of sp³-hybridized carbons (Fsp3) is 0.350. The van der Waals surface area contributed by atoms with Gasteiger partial charge in [-0.2, -0.15) is 0 Å². The van der Waals surface area contributed by atoms with Crippen molar-refractivity contribution in [3.63, 3.8) is 0 Å². The third-order valence-corrected chi connectivity index (χ3v) is 4.49. The Morgan fingerprint density at radius 2 is 1.71 bits per heavy atom. The molecular weight excluding hydrogens is 298 g/mol. The highest BCUT2D eigenvalue weighted by molar-refractivity contribution is 5.88. The van der Waals surface area contributed by atoms with Gasteiger partial charge in [-0.1, -0.05) is 30.3 Å². The molecule has 0 bridgehead atoms. The molecule has 0 spiro atoms. The number of benzene rings is 2. The first kappa shape index (κ1) is 16.5. The van der Waals surface area contributed by atoms with Crippen LogP contribution >= 0.6 is 0 Å². The SMILES string of the molecule is CC(=O)Nc1ccc(CNC2CCN(c3ccccc3)CC2)cc1. The first-order valence-electron chi connectivity index (χ1n) is 8.60. The van der Waals surface area contributed by atoms with Gasteiger partial charge in [-0.15, -0.1) is 0 Å². The molecule has 1 amide bonds. The van der Waals surface area contributed by atoms with Gasteiger partial charge >= 0.3 is 0 Å². The first-order valence-corrected chi connectivity index (χ1v) is 8.60. The van der Waals surface area contributed by atoms with E-state index in [2.05, 4.69) is 58.0 Å². The van der Waals surface area contributed by atoms with E-state index >= 15 is 0 Å². The molecule has 0 atom stereocenters. The van der Waals surface area contributed by atoms with E-state index in [1.807, 2.05) is 12.1 Å². The second-order valence-electron chi connectivity index (χ2n) is 6.36. The molecule has 0 aliphatic carbocycles. The lowest BCUT2D eigenvalue weighted by Gasteiger charge is -2.34. The minimum Gasteiger partial charge on any atom is -0.371 e. The Morgan fingerprint density at radius 1 is 1.04 bits per heavy atom. The van der Waals surface area contributed by atoms with E-state index in [1.165, 1.54) is 31.0 Å². The van der Waals surface area contributed by atoms with Gasteiger partial charge in [0.2, 0.25) is 5.91 Å². The summed E-state index contributed by atoms with van der Waals surface area (Å²) in [5.74, 6) is -0.0361. The number of carbonyl (C=O) groups is 1. The van der Waals surface area contributed by atoms with E-state index in [-0.39, 0.29) is 5.91 Å².